The van der Waals surface area contributed by atoms with Gasteiger partial charge in [0.2, 0.25) is 5.91 Å². The van der Waals surface area contributed by atoms with Gasteiger partial charge in [-0.15, -0.1) is 0 Å². The molecule has 1 amide bonds. The zero-order chi connectivity index (χ0) is 19.3. The van der Waals surface area contributed by atoms with Crippen molar-refractivity contribution in [2.75, 3.05) is 6.61 Å². The van der Waals surface area contributed by atoms with E-state index in [1.807, 2.05) is 49.5 Å². The summed E-state index contributed by atoms with van der Waals surface area (Å²) in [5.41, 5.74) is 4.91. The Balaban J connectivity index is 1.52. The van der Waals surface area contributed by atoms with Crippen LogP contribution in [0.3, 0.4) is 0 Å². The lowest BCUT2D eigenvalue weighted by molar-refractivity contribution is -0.130. The van der Waals surface area contributed by atoms with Gasteiger partial charge in [0.1, 0.15) is 11.9 Å². The normalized spacial score (nSPS) is 16.1. The second kappa shape index (κ2) is 8.27. The maximum Gasteiger partial charge on any atom is 0.249 e. The fourth-order valence-electron chi connectivity index (χ4n) is 3.30. The molecule has 6 nitrogen and oxygen atoms in total. The third-order valence-corrected chi connectivity index (χ3v) is 4.82. The molecule has 1 atom stereocenters. The van der Waals surface area contributed by atoms with Crippen molar-refractivity contribution in [2.24, 2.45) is 0 Å². The molecule has 3 heterocycles. The van der Waals surface area contributed by atoms with Crippen molar-refractivity contribution in [1.29, 1.82) is 0 Å². The summed E-state index contributed by atoms with van der Waals surface area (Å²) in [5, 5.41) is 2.95. The molecule has 2 aromatic heterocycles. The first-order valence-corrected chi connectivity index (χ1v) is 9.43. The molecule has 1 fully saturated rings. The highest BCUT2D eigenvalue weighted by molar-refractivity contribution is 5.81. The summed E-state index contributed by atoms with van der Waals surface area (Å²) in [7, 11) is 0. The van der Waals surface area contributed by atoms with Crippen molar-refractivity contribution in [2.45, 2.75) is 32.4 Å². The van der Waals surface area contributed by atoms with Crippen LogP contribution < -0.4 is 5.32 Å². The zero-order valence-corrected chi connectivity index (χ0v) is 15.8. The van der Waals surface area contributed by atoms with Gasteiger partial charge in [0, 0.05) is 42.9 Å². The first-order chi connectivity index (χ1) is 13.7. The molecule has 6 heteroatoms. The molecule has 0 aliphatic carbocycles. The highest BCUT2D eigenvalue weighted by Crippen LogP contribution is 2.29. The number of benzene rings is 1. The average Bonchev–Trinajstić information content (AvgIpc) is 3.28. The second-order valence-electron chi connectivity index (χ2n) is 6.83. The first kappa shape index (κ1) is 18.3. The number of nitrogens with one attached hydrogen (secondary N) is 1. The maximum absolute atomic E-state index is 12.1. The standard InChI is InChI=1S/C22H22N4O2/c1-15-24-14-19(17-8-10-23-11-9-17)21(26-15)18-6-4-16(5-7-18)13-25-22(27)20-3-2-12-28-20/h4-11,14,20H,2-3,12-13H2,1H3,(H,25,27)/t20-/m0/s1. The van der Waals surface area contributed by atoms with Gasteiger partial charge in [0.25, 0.3) is 0 Å². The van der Waals surface area contributed by atoms with E-state index >= 15 is 0 Å². The molecule has 1 aliphatic heterocycles. The smallest absolute Gasteiger partial charge is 0.249 e. The summed E-state index contributed by atoms with van der Waals surface area (Å²) in [6, 6.07) is 12.0. The van der Waals surface area contributed by atoms with E-state index in [2.05, 4.69) is 20.3 Å². The Bertz CT molecular complexity index is 952. The van der Waals surface area contributed by atoms with Gasteiger partial charge in [-0.2, -0.15) is 0 Å². The molecule has 1 aromatic carbocycles. The first-order valence-electron chi connectivity index (χ1n) is 9.43. The molecule has 0 saturated carbocycles. The van der Waals surface area contributed by atoms with Gasteiger partial charge in [0.05, 0.1) is 5.69 Å². The molecule has 3 aromatic rings. The Morgan fingerprint density at radius 3 is 2.64 bits per heavy atom. The van der Waals surface area contributed by atoms with Crippen LogP contribution in [-0.4, -0.2) is 33.6 Å². The predicted molar refractivity (Wildman–Crippen MR) is 106 cm³/mol. The predicted octanol–water partition coefficient (Wildman–Crippen LogP) is 3.31. The Kier molecular flexibility index (Phi) is 5.39. The van der Waals surface area contributed by atoms with E-state index in [0.717, 1.165) is 46.6 Å². The van der Waals surface area contributed by atoms with E-state index in [1.165, 1.54) is 0 Å². The third-order valence-electron chi connectivity index (χ3n) is 4.82. The molecule has 1 saturated heterocycles. The molecular weight excluding hydrogens is 352 g/mol. The van der Waals surface area contributed by atoms with Crippen LogP contribution >= 0.6 is 0 Å². The Hall–Kier alpha value is -3.12. The summed E-state index contributed by atoms with van der Waals surface area (Å²) in [4.78, 5) is 25.2. The van der Waals surface area contributed by atoms with Crippen molar-refractivity contribution < 1.29 is 9.53 Å². The number of ether oxygens (including phenoxy) is 1. The average molecular weight is 374 g/mol. The Labute approximate surface area is 164 Å². The summed E-state index contributed by atoms with van der Waals surface area (Å²) < 4.78 is 5.42. The SMILES string of the molecule is Cc1ncc(-c2ccncc2)c(-c2ccc(CNC(=O)[C@@H]3CCCO3)cc2)n1. The molecule has 142 valence electrons. The van der Waals surface area contributed by atoms with Gasteiger partial charge in [-0.3, -0.25) is 9.78 Å². The van der Waals surface area contributed by atoms with Crippen LogP contribution in [0.15, 0.2) is 55.0 Å². The van der Waals surface area contributed by atoms with Gasteiger partial charge in [-0.05, 0) is 43.0 Å². The Morgan fingerprint density at radius 2 is 1.93 bits per heavy atom. The topological polar surface area (TPSA) is 77.0 Å². The molecule has 0 bridgehead atoms. The number of carbonyl (C=O) groups is 1. The van der Waals surface area contributed by atoms with Crippen LogP contribution in [0.5, 0.6) is 0 Å². The number of aryl methyl sites for hydroxylation is 1. The van der Waals surface area contributed by atoms with Gasteiger partial charge < -0.3 is 10.1 Å². The third kappa shape index (κ3) is 4.07. The number of nitrogens with zero attached hydrogens (tertiary/aromatic N) is 3. The molecule has 0 spiro atoms. The van der Waals surface area contributed by atoms with Crippen LogP contribution in [0.2, 0.25) is 0 Å². The lowest BCUT2D eigenvalue weighted by Gasteiger charge is -2.12. The number of aromatic nitrogens is 3. The summed E-state index contributed by atoms with van der Waals surface area (Å²) in [6.45, 7) is 3.04. The second-order valence-corrected chi connectivity index (χ2v) is 6.83. The lowest BCUT2D eigenvalue weighted by atomic mass is 10.0. The minimum absolute atomic E-state index is 0.0343. The monoisotopic (exact) mass is 374 g/mol. The molecule has 0 unspecified atom stereocenters. The number of hydrogen-bond donors (Lipinski definition) is 1. The van der Waals surface area contributed by atoms with E-state index in [-0.39, 0.29) is 12.0 Å². The van der Waals surface area contributed by atoms with Crippen molar-refractivity contribution >= 4 is 5.91 Å². The van der Waals surface area contributed by atoms with Crippen molar-refractivity contribution in [3.63, 3.8) is 0 Å². The van der Waals surface area contributed by atoms with Crippen molar-refractivity contribution in [3.8, 4) is 22.4 Å². The summed E-state index contributed by atoms with van der Waals surface area (Å²) in [6.07, 6.45) is 6.83. The summed E-state index contributed by atoms with van der Waals surface area (Å²) >= 11 is 0. The maximum atomic E-state index is 12.1. The fraction of sp³-hybridized carbons (Fsp3) is 0.273. The van der Waals surface area contributed by atoms with Gasteiger partial charge in [0.15, 0.2) is 0 Å². The quantitative estimate of drug-likeness (QED) is 0.741. The van der Waals surface area contributed by atoms with Crippen molar-refractivity contribution in [1.82, 2.24) is 20.3 Å². The van der Waals surface area contributed by atoms with Crippen LogP contribution in [0, 0.1) is 6.92 Å². The number of carbonyl (C=O) groups excluding carboxylic acids is 1. The van der Waals surface area contributed by atoms with Crippen LogP contribution in [0.4, 0.5) is 0 Å². The number of amides is 1. The molecule has 1 N–H and O–H groups in total. The number of pyridine rings is 1. The van der Waals surface area contributed by atoms with E-state index in [4.69, 9.17) is 4.74 Å². The molecule has 1 aliphatic rings. The van der Waals surface area contributed by atoms with Crippen LogP contribution in [0.25, 0.3) is 22.4 Å². The zero-order valence-electron chi connectivity index (χ0n) is 15.8. The highest BCUT2D eigenvalue weighted by Gasteiger charge is 2.23. The van der Waals surface area contributed by atoms with E-state index < -0.39 is 0 Å². The van der Waals surface area contributed by atoms with Crippen LogP contribution in [-0.2, 0) is 16.1 Å². The molecular formula is C22H22N4O2. The van der Waals surface area contributed by atoms with Gasteiger partial charge >= 0.3 is 0 Å². The van der Waals surface area contributed by atoms with Crippen LogP contribution in [0.1, 0.15) is 24.2 Å². The van der Waals surface area contributed by atoms with Gasteiger partial charge in [-0.1, -0.05) is 24.3 Å². The lowest BCUT2D eigenvalue weighted by Crippen LogP contribution is -2.33. The number of rotatable bonds is 5. The molecule has 4 rings (SSSR count). The van der Waals surface area contributed by atoms with E-state index in [1.54, 1.807) is 12.4 Å². The fourth-order valence-corrected chi connectivity index (χ4v) is 3.30. The highest BCUT2D eigenvalue weighted by atomic mass is 16.5. The summed E-state index contributed by atoms with van der Waals surface area (Å²) in [5.74, 6) is 0.689. The molecule has 0 radical (unpaired) electrons. The largest absolute Gasteiger partial charge is 0.368 e. The molecule has 28 heavy (non-hydrogen) atoms. The van der Waals surface area contributed by atoms with E-state index in [0.29, 0.717) is 13.2 Å². The minimum Gasteiger partial charge on any atom is -0.368 e. The van der Waals surface area contributed by atoms with Gasteiger partial charge in [-0.25, -0.2) is 9.97 Å². The number of hydrogen-bond acceptors (Lipinski definition) is 5. The van der Waals surface area contributed by atoms with E-state index in [9.17, 15) is 4.79 Å². The Morgan fingerprint density at radius 1 is 1.14 bits per heavy atom. The minimum atomic E-state index is -0.300. The van der Waals surface area contributed by atoms with Crippen molar-refractivity contribution in [3.05, 3.63) is 66.4 Å².